The molecule has 1 aromatic rings. The van der Waals surface area contributed by atoms with Crippen molar-refractivity contribution in [1.29, 1.82) is 0 Å². The fraction of sp³-hybridized carbons (Fsp3) is 0.737. The molecule has 1 aromatic heterocycles. The Morgan fingerprint density at radius 3 is 2.42 bits per heavy atom. The van der Waals surface area contributed by atoms with Crippen LogP contribution in [-0.2, 0) is 0 Å². The van der Waals surface area contributed by atoms with Crippen LogP contribution in [0.3, 0.4) is 0 Å². The largest absolute Gasteiger partial charge is 0.390 e. The van der Waals surface area contributed by atoms with Crippen molar-refractivity contribution in [1.82, 2.24) is 9.97 Å². The molecule has 4 aliphatic carbocycles. The Morgan fingerprint density at radius 1 is 1.27 bits per heavy atom. The number of carbonyl (C=O) groups excluding carboxylic acids is 1. The molecule has 5 N–H and O–H groups in total. The van der Waals surface area contributed by atoms with Crippen LogP contribution in [0.1, 0.15) is 75.6 Å². The van der Waals surface area contributed by atoms with E-state index in [0.717, 1.165) is 57.3 Å². The van der Waals surface area contributed by atoms with Crippen molar-refractivity contribution in [2.45, 2.75) is 81.9 Å². The molecule has 0 spiro atoms. The van der Waals surface area contributed by atoms with Gasteiger partial charge >= 0.3 is 0 Å². The molecule has 1 heterocycles. The van der Waals surface area contributed by atoms with E-state index in [0.29, 0.717) is 17.3 Å². The molecule has 5 rings (SSSR count). The van der Waals surface area contributed by atoms with Crippen molar-refractivity contribution < 1.29 is 9.90 Å². The lowest BCUT2D eigenvalue weighted by Gasteiger charge is -2.62. The maximum absolute atomic E-state index is 11.8. The zero-order valence-corrected chi connectivity index (χ0v) is 15.6. The minimum atomic E-state index is -0.589. The molecule has 0 atom stereocenters. The number of hydrogen-bond acceptors (Lipinski definition) is 6. The smallest absolute Gasteiger partial charge is 0.254 e. The van der Waals surface area contributed by atoms with Crippen LogP contribution in [0.2, 0.25) is 0 Å². The molecular weight excluding hydrogens is 330 g/mol. The van der Waals surface area contributed by atoms with Crippen molar-refractivity contribution in [3.8, 4) is 0 Å². The summed E-state index contributed by atoms with van der Waals surface area (Å²) in [7, 11) is 0. The van der Waals surface area contributed by atoms with Gasteiger partial charge in [-0.25, -0.2) is 4.98 Å². The van der Waals surface area contributed by atoms with Gasteiger partial charge < -0.3 is 21.5 Å². The summed E-state index contributed by atoms with van der Waals surface area (Å²) in [5, 5.41) is 17.2. The quantitative estimate of drug-likeness (QED) is 0.620. The molecule has 1 amide bonds. The van der Waals surface area contributed by atoms with Gasteiger partial charge in [0.15, 0.2) is 0 Å². The van der Waals surface area contributed by atoms with Crippen LogP contribution in [0.4, 0.5) is 11.8 Å². The first-order valence-electron chi connectivity index (χ1n) is 9.69. The Hall–Kier alpha value is -1.89. The van der Waals surface area contributed by atoms with Gasteiger partial charge in [-0.2, -0.15) is 4.98 Å². The second-order valence-electron chi connectivity index (χ2n) is 8.96. The van der Waals surface area contributed by atoms with Crippen LogP contribution in [0.5, 0.6) is 0 Å². The van der Waals surface area contributed by atoms with Gasteiger partial charge in [0.05, 0.1) is 11.2 Å². The molecule has 4 fully saturated rings. The highest BCUT2D eigenvalue weighted by Gasteiger charge is 2.57. The number of carbonyl (C=O) groups is 1. The lowest BCUT2D eigenvalue weighted by atomic mass is 9.50. The average Bonchev–Trinajstić information content (AvgIpc) is 2.52. The van der Waals surface area contributed by atoms with Crippen LogP contribution in [0, 0.1) is 5.92 Å². The zero-order chi connectivity index (χ0) is 18.6. The summed E-state index contributed by atoms with van der Waals surface area (Å²) in [6.07, 6.45) is 9.12. The Kier molecular flexibility index (Phi) is 3.91. The van der Waals surface area contributed by atoms with E-state index in [9.17, 15) is 9.90 Å². The standard InChI is InChI=1S/C19H29N5O2/c1-3-18(6-4-17(2,26)5-7-18)24-16-21-11-13(14(20)25)15(22-16)23-19-8-12(9-19)10-19/h11-12,26H,3-10H2,1-2H3,(H2,20,25)(H2,21,22,23,24). The van der Waals surface area contributed by atoms with Gasteiger partial charge in [-0.3, -0.25) is 4.79 Å². The summed E-state index contributed by atoms with van der Waals surface area (Å²) in [5.74, 6) is 1.39. The second-order valence-corrected chi connectivity index (χ2v) is 8.96. The van der Waals surface area contributed by atoms with E-state index in [1.807, 2.05) is 6.92 Å². The SMILES string of the molecule is CCC1(Nc2ncc(C(N)=O)c(NC34CC(C3)C4)n2)CCC(C)(O)CC1. The molecule has 142 valence electrons. The lowest BCUT2D eigenvalue weighted by Crippen LogP contribution is -2.63. The number of amides is 1. The molecule has 2 bridgehead atoms. The van der Waals surface area contributed by atoms with Gasteiger partial charge in [-0.1, -0.05) is 6.92 Å². The van der Waals surface area contributed by atoms with E-state index < -0.39 is 11.5 Å². The number of nitrogens with two attached hydrogens (primary N) is 1. The highest BCUT2D eigenvalue weighted by molar-refractivity contribution is 5.97. The molecule has 0 saturated heterocycles. The number of aromatic nitrogens is 2. The van der Waals surface area contributed by atoms with Gasteiger partial charge in [-0.05, 0) is 64.2 Å². The number of nitrogens with one attached hydrogen (secondary N) is 2. The minimum Gasteiger partial charge on any atom is -0.390 e. The summed E-state index contributed by atoms with van der Waals surface area (Å²) in [4.78, 5) is 20.7. The average molecular weight is 359 g/mol. The first-order valence-corrected chi connectivity index (χ1v) is 9.69. The van der Waals surface area contributed by atoms with Crippen molar-refractivity contribution in [2.24, 2.45) is 11.7 Å². The summed E-state index contributed by atoms with van der Waals surface area (Å²) < 4.78 is 0. The number of anilines is 2. The van der Waals surface area contributed by atoms with E-state index in [1.54, 1.807) is 0 Å². The van der Waals surface area contributed by atoms with Crippen LogP contribution in [-0.4, -0.2) is 37.7 Å². The Labute approximate surface area is 154 Å². The van der Waals surface area contributed by atoms with Crippen molar-refractivity contribution in [3.63, 3.8) is 0 Å². The van der Waals surface area contributed by atoms with Crippen molar-refractivity contribution in [2.75, 3.05) is 10.6 Å². The van der Waals surface area contributed by atoms with Gasteiger partial charge in [-0.15, -0.1) is 0 Å². The normalized spacial score (nSPS) is 38.0. The summed E-state index contributed by atoms with van der Waals surface area (Å²) in [6, 6.07) is 0. The predicted octanol–water partition coefficient (Wildman–Crippen LogP) is 2.43. The third-order valence-corrected chi connectivity index (χ3v) is 6.81. The van der Waals surface area contributed by atoms with Gasteiger partial charge in [0.2, 0.25) is 5.95 Å². The maximum atomic E-state index is 11.8. The van der Waals surface area contributed by atoms with Crippen LogP contribution >= 0.6 is 0 Å². The molecule has 26 heavy (non-hydrogen) atoms. The minimum absolute atomic E-state index is 0.104. The third kappa shape index (κ3) is 3.02. The van der Waals surface area contributed by atoms with Gasteiger partial charge in [0.1, 0.15) is 5.82 Å². The zero-order valence-electron chi connectivity index (χ0n) is 15.6. The molecule has 0 aromatic carbocycles. The molecule has 4 aliphatic rings. The third-order valence-electron chi connectivity index (χ3n) is 6.81. The summed E-state index contributed by atoms with van der Waals surface area (Å²) >= 11 is 0. The van der Waals surface area contributed by atoms with E-state index in [2.05, 4.69) is 27.5 Å². The summed E-state index contributed by atoms with van der Waals surface area (Å²) in [6.45, 7) is 4.04. The Morgan fingerprint density at radius 2 is 1.92 bits per heavy atom. The number of hydrogen-bond donors (Lipinski definition) is 4. The monoisotopic (exact) mass is 359 g/mol. The molecule has 0 aliphatic heterocycles. The molecule has 0 radical (unpaired) electrons. The maximum Gasteiger partial charge on any atom is 0.254 e. The molecule has 7 nitrogen and oxygen atoms in total. The number of primary amides is 1. The topological polar surface area (TPSA) is 113 Å². The van der Waals surface area contributed by atoms with Crippen LogP contribution in [0.25, 0.3) is 0 Å². The van der Waals surface area contributed by atoms with E-state index in [4.69, 9.17) is 5.73 Å². The first-order chi connectivity index (χ1) is 12.2. The number of nitrogens with zero attached hydrogens (tertiary/aromatic N) is 2. The van der Waals surface area contributed by atoms with Gasteiger partial charge in [0, 0.05) is 17.3 Å². The lowest BCUT2D eigenvalue weighted by molar-refractivity contribution is 0.00164. The van der Waals surface area contributed by atoms with E-state index in [1.165, 1.54) is 6.20 Å². The van der Waals surface area contributed by atoms with Crippen molar-refractivity contribution >= 4 is 17.7 Å². The first kappa shape index (κ1) is 17.5. The fourth-order valence-electron chi connectivity index (χ4n) is 4.67. The fourth-order valence-corrected chi connectivity index (χ4v) is 4.67. The Bertz CT molecular complexity index is 706. The van der Waals surface area contributed by atoms with Crippen LogP contribution < -0.4 is 16.4 Å². The highest BCUT2D eigenvalue weighted by Crippen LogP contribution is 2.58. The van der Waals surface area contributed by atoms with Crippen molar-refractivity contribution in [3.05, 3.63) is 11.8 Å². The van der Waals surface area contributed by atoms with Gasteiger partial charge in [0.25, 0.3) is 5.91 Å². The number of aliphatic hydroxyl groups is 1. The molecular formula is C19H29N5O2. The predicted molar refractivity (Wildman–Crippen MR) is 100.0 cm³/mol. The van der Waals surface area contributed by atoms with E-state index in [-0.39, 0.29) is 11.1 Å². The Balaban J connectivity index is 1.55. The molecule has 7 heteroatoms. The highest BCUT2D eigenvalue weighted by atomic mass is 16.3. The second kappa shape index (κ2) is 5.81. The molecule has 4 saturated carbocycles. The van der Waals surface area contributed by atoms with E-state index >= 15 is 0 Å². The molecule has 0 unspecified atom stereocenters. The summed E-state index contributed by atoms with van der Waals surface area (Å²) in [5.41, 5.74) is 5.25. The number of rotatable bonds is 6. The van der Waals surface area contributed by atoms with Crippen LogP contribution in [0.15, 0.2) is 6.20 Å².